The van der Waals surface area contributed by atoms with Crippen molar-refractivity contribution in [3.8, 4) is 5.75 Å². The molecule has 126 valence electrons. The number of hydrogen-bond acceptors (Lipinski definition) is 4. The van der Waals surface area contributed by atoms with Gasteiger partial charge in [0.2, 0.25) is 5.91 Å². The zero-order chi connectivity index (χ0) is 17.7. The number of benzene rings is 2. The van der Waals surface area contributed by atoms with Crippen molar-refractivity contribution < 1.29 is 19.4 Å². The number of methoxy groups -OCH3 is 1. The number of nitrogens with one attached hydrogen (secondary N) is 1. The Balaban J connectivity index is 2.00. The van der Waals surface area contributed by atoms with Gasteiger partial charge < -0.3 is 20.9 Å². The van der Waals surface area contributed by atoms with Crippen LogP contribution in [0.3, 0.4) is 0 Å². The van der Waals surface area contributed by atoms with Gasteiger partial charge in [0.1, 0.15) is 5.75 Å². The second-order valence-electron chi connectivity index (χ2n) is 5.46. The van der Waals surface area contributed by atoms with Gasteiger partial charge in [0.15, 0.2) is 0 Å². The van der Waals surface area contributed by atoms with Gasteiger partial charge in [0.25, 0.3) is 0 Å². The highest BCUT2D eigenvalue weighted by molar-refractivity contribution is 5.94. The van der Waals surface area contributed by atoms with Crippen LogP contribution >= 0.6 is 0 Å². The number of nitrogens with two attached hydrogens (primary N) is 1. The molecule has 2 aromatic carbocycles. The summed E-state index contributed by atoms with van der Waals surface area (Å²) in [6.45, 7) is 1.81. The highest BCUT2D eigenvalue weighted by Crippen LogP contribution is 2.23. The maximum atomic E-state index is 12.1. The minimum atomic E-state index is -1.03. The number of ether oxygens (including phenoxy) is 1. The first-order valence-corrected chi connectivity index (χ1v) is 7.47. The normalized spacial score (nSPS) is 10.2. The molecular formula is C18H20N2O4. The number of nitrogen functional groups attached to an aromatic ring is 1. The highest BCUT2D eigenvalue weighted by Gasteiger charge is 2.10. The van der Waals surface area contributed by atoms with E-state index in [1.807, 2.05) is 13.0 Å². The number of carbonyl (C=O) groups excluding carboxylic acids is 1. The number of rotatable bonds is 6. The van der Waals surface area contributed by atoms with Gasteiger partial charge >= 0.3 is 5.97 Å². The van der Waals surface area contributed by atoms with E-state index < -0.39 is 5.97 Å². The lowest BCUT2D eigenvalue weighted by Crippen LogP contribution is -2.14. The Morgan fingerprint density at radius 1 is 1.21 bits per heavy atom. The second kappa shape index (κ2) is 7.50. The van der Waals surface area contributed by atoms with Crippen LogP contribution < -0.4 is 15.8 Å². The van der Waals surface area contributed by atoms with Crippen LogP contribution in [0.2, 0.25) is 0 Å². The summed E-state index contributed by atoms with van der Waals surface area (Å²) in [5.41, 5.74) is 8.76. The van der Waals surface area contributed by atoms with Crippen LogP contribution in [0.1, 0.15) is 27.9 Å². The molecule has 6 nitrogen and oxygen atoms in total. The topological polar surface area (TPSA) is 102 Å². The SMILES string of the molecule is COc1ccc(CCC(=O)Nc2cc(C(=O)O)ccc2C)cc1N. The molecule has 2 aromatic rings. The molecule has 0 radical (unpaired) electrons. The minimum absolute atomic E-state index is 0.138. The van der Waals surface area contributed by atoms with E-state index in [0.29, 0.717) is 23.5 Å². The summed E-state index contributed by atoms with van der Waals surface area (Å²) in [6.07, 6.45) is 0.792. The molecule has 0 heterocycles. The first-order valence-electron chi connectivity index (χ1n) is 7.47. The third kappa shape index (κ3) is 4.25. The fourth-order valence-corrected chi connectivity index (χ4v) is 2.30. The van der Waals surface area contributed by atoms with Crippen molar-refractivity contribution >= 4 is 23.3 Å². The molecule has 0 aliphatic rings. The van der Waals surface area contributed by atoms with Gasteiger partial charge in [-0.15, -0.1) is 0 Å². The lowest BCUT2D eigenvalue weighted by Gasteiger charge is -2.10. The van der Waals surface area contributed by atoms with Crippen molar-refractivity contribution in [1.29, 1.82) is 0 Å². The van der Waals surface area contributed by atoms with Gasteiger partial charge in [-0.2, -0.15) is 0 Å². The molecule has 0 saturated heterocycles. The monoisotopic (exact) mass is 328 g/mol. The van der Waals surface area contributed by atoms with E-state index in [1.54, 1.807) is 25.3 Å². The molecule has 1 amide bonds. The molecule has 6 heteroatoms. The van der Waals surface area contributed by atoms with E-state index in [2.05, 4.69) is 5.32 Å². The molecule has 0 aliphatic carbocycles. The Morgan fingerprint density at radius 2 is 1.96 bits per heavy atom. The zero-order valence-electron chi connectivity index (χ0n) is 13.6. The second-order valence-corrected chi connectivity index (χ2v) is 5.46. The summed E-state index contributed by atoms with van der Waals surface area (Å²) in [6, 6.07) is 10.0. The zero-order valence-corrected chi connectivity index (χ0v) is 13.6. The number of carboxylic acids is 1. The molecule has 0 spiro atoms. The van der Waals surface area contributed by atoms with Crippen molar-refractivity contribution in [2.24, 2.45) is 0 Å². The molecule has 2 rings (SSSR count). The summed E-state index contributed by atoms with van der Waals surface area (Å²) < 4.78 is 5.10. The van der Waals surface area contributed by atoms with Crippen LogP contribution in [-0.2, 0) is 11.2 Å². The van der Waals surface area contributed by atoms with Gasteiger partial charge in [0, 0.05) is 12.1 Å². The lowest BCUT2D eigenvalue weighted by atomic mass is 10.1. The molecule has 24 heavy (non-hydrogen) atoms. The van der Waals surface area contributed by atoms with E-state index in [1.165, 1.54) is 12.1 Å². The quantitative estimate of drug-likeness (QED) is 0.708. The third-order valence-corrected chi connectivity index (χ3v) is 3.69. The molecule has 0 unspecified atom stereocenters. The predicted octanol–water partition coefficient (Wildman–Crippen LogP) is 2.86. The summed E-state index contributed by atoms with van der Waals surface area (Å²) >= 11 is 0. The smallest absolute Gasteiger partial charge is 0.335 e. The highest BCUT2D eigenvalue weighted by atomic mass is 16.5. The summed E-state index contributed by atoms with van der Waals surface area (Å²) in [4.78, 5) is 23.1. The van der Waals surface area contributed by atoms with Crippen molar-refractivity contribution in [1.82, 2.24) is 0 Å². The van der Waals surface area contributed by atoms with Crippen LogP contribution in [0, 0.1) is 6.92 Å². The third-order valence-electron chi connectivity index (χ3n) is 3.69. The maximum absolute atomic E-state index is 12.1. The Labute approximate surface area is 140 Å². The van der Waals surface area contributed by atoms with Crippen LogP contribution in [0.5, 0.6) is 5.75 Å². The average Bonchev–Trinajstić information content (AvgIpc) is 2.55. The Morgan fingerprint density at radius 3 is 2.58 bits per heavy atom. The van der Waals surface area contributed by atoms with Gasteiger partial charge in [-0.1, -0.05) is 12.1 Å². The van der Waals surface area contributed by atoms with Crippen LogP contribution in [0.25, 0.3) is 0 Å². The first-order chi connectivity index (χ1) is 11.4. The van der Waals surface area contributed by atoms with Gasteiger partial charge in [-0.25, -0.2) is 4.79 Å². The molecule has 0 aromatic heterocycles. The molecule has 4 N–H and O–H groups in total. The van der Waals surface area contributed by atoms with E-state index in [0.717, 1.165) is 11.1 Å². The first kappa shape index (κ1) is 17.3. The molecule has 0 atom stereocenters. The number of hydrogen-bond donors (Lipinski definition) is 3. The Kier molecular flexibility index (Phi) is 5.42. The molecule has 0 saturated carbocycles. The molecule has 0 fully saturated rings. The van der Waals surface area contributed by atoms with Crippen molar-refractivity contribution in [3.05, 3.63) is 53.1 Å². The Bertz CT molecular complexity index is 772. The van der Waals surface area contributed by atoms with E-state index in [4.69, 9.17) is 15.6 Å². The fourth-order valence-electron chi connectivity index (χ4n) is 2.30. The van der Waals surface area contributed by atoms with Gasteiger partial charge in [-0.05, 0) is 48.7 Å². The number of aromatic carboxylic acids is 1. The van der Waals surface area contributed by atoms with E-state index in [9.17, 15) is 9.59 Å². The van der Waals surface area contributed by atoms with Gasteiger partial charge in [0.05, 0.1) is 18.4 Å². The van der Waals surface area contributed by atoms with Crippen LogP contribution in [-0.4, -0.2) is 24.1 Å². The summed E-state index contributed by atoms with van der Waals surface area (Å²) in [5.74, 6) is -0.612. The van der Waals surface area contributed by atoms with E-state index in [-0.39, 0.29) is 17.9 Å². The number of amides is 1. The van der Waals surface area contributed by atoms with Crippen molar-refractivity contribution in [3.63, 3.8) is 0 Å². The number of carbonyl (C=O) groups is 2. The Hall–Kier alpha value is -3.02. The standard InChI is InChI=1S/C18H20N2O4/c1-11-3-6-13(18(22)23)10-15(11)20-17(21)8-5-12-4-7-16(24-2)14(19)9-12/h3-4,6-7,9-10H,5,8,19H2,1-2H3,(H,20,21)(H,22,23). The minimum Gasteiger partial charge on any atom is -0.495 e. The van der Waals surface area contributed by atoms with E-state index >= 15 is 0 Å². The lowest BCUT2D eigenvalue weighted by molar-refractivity contribution is -0.116. The number of anilines is 2. The predicted molar refractivity (Wildman–Crippen MR) is 92.5 cm³/mol. The summed E-state index contributed by atoms with van der Waals surface area (Å²) in [7, 11) is 1.55. The fraction of sp³-hybridized carbons (Fsp3) is 0.222. The largest absolute Gasteiger partial charge is 0.495 e. The van der Waals surface area contributed by atoms with Gasteiger partial charge in [-0.3, -0.25) is 4.79 Å². The maximum Gasteiger partial charge on any atom is 0.335 e. The molecular weight excluding hydrogens is 308 g/mol. The number of carboxylic acid groups (broad SMARTS) is 1. The van der Waals surface area contributed by atoms with Crippen molar-refractivity contribution in [2.75, 3.05) is 18.2 Å². The van der Waals surface area contributed by atoms with Crippen molar-refractivity contribution in [2.45, 2.75) is 19.8 Å². The molecule has 0 aliphatic heterocycles. The molecule has 0 bridgehead atoms. The van der Waals surface area contributed by atoms with Crippen LogP contribution in [0.15, 0.2) is 36.4 Å². The average molecular weight is 328 g/mol. The van der Waals surface area contributed by atoms with Crippen LogP contribution in [0.4, 0.5) is 11.4 Å². The number of aryl methyl sites for hydroxylation is 2. The summed E-state index contributed by atoms with van der Waals surface area (Å²) in [5, 5.41) is 11.8.